The highest BCUT2D eigenvalue weighted by molar-refractivity contribution is 6.11. The second-order valence-electron chi connectivity index (χ2n) is 8.35. The SMILES string of the molecule is Cn1ncc2c(N)nc3cc4c(cc3c21)C(=O)N1[C@@H](COC[C@@H]1c1ccc(OC(F)F)nn1)C4. The van der Waals surface area contributed by atoms with Crippen molar-refractivity contribution in [1.29, 1.82) is 0 Å². The van der Waals surface area contributed by atoms with Crippen molar-refractivity contribution in [3.8, 4) is 5.88 Å². The zero-order chi connectivity index (χ0) is 23.6. The Morgan fingerprint density at radius 3 is 2.82 bits per heavy atom. The summed E-state index contributed by atoms with van der Waals surface area (Å²) in [5, 5.41) is 13.5. The van der Waals surface area contributed by atoms with E-state index in [1.165, 1.54) is 12.1 Å². The van der Waals surface area contributed by atoms with Crippen molar-refractivity contribution in [2.24, 2.45) is 7.05 Å². The molecule has 2 N–H and O–H groups in total. The van der Waals surface area contributed by atoms with Crippen LogP contribution in [0.1, 0.15) is 27.7 Å². The van der Waals surface area contributed by atoms with Gasteiger partial charge in [-0.1, -0.05) is 0 Å². The number of hydrogen-bond donors (Lipinski definition) is 1. The van der Waals surface area contributed by atoms with E-state index in [0.717, 1.165) is 21.9 Å². The number of carbonyl (C=O) groups excluding carboxylic acids is 1. The molecule has 1 saturated heterocycles. The number of hydrogen-bond acceptors (Lipinski definition) is 8. The Balaban J connectivity index is 1.42. The Morgan fingerprint density at radius 1 is 1.21 bits per heavy atom. The van der Waals surface area contributed by atoms with Gasteiger partial charge in [0.2, 0.25) is 5.88 Å². The topological polar surface area (TPSA) is 121 Å². The van der Waals surface area contributed by atoms with Crippen LogP contribution < -0.4 is 10.5 Å². The second kappa shape index (κ2) is 7.55. The van der Waals surface area contributed by atoms with Crippen molar-refractivity contribution in [3.63, 3.8) is 0 Å². The van der Waals surface area contributed by atoms with Gasteiger partial charge in [-0.3, -0.25) is 9.48 Å². The van der Waals surface area contributed by atoms with Gasteiger partial charge in [0.1, 0.15) is 5.82 Å². The first kappa shape index (κ1) is 20.7. The average molecular weight is 467 g/mol. The predicted octanol–water partition coefficient (Wildman–Crippen LogP) is 2.23. The van der Waals surface area contributed by atoms with Gasteiger partial charge in [-0.25, -0.2) is 4.98 Å². The molecule has 0 radical (unpaired) electrons. The smallest absolute Gasteiger partial charge is 0.388 e. The van der Waals surface area contributed by atoms with Gasteiger partial charge < -0.3 is 20.1 Å². The Hall–Kier alpha value is -3.93. The Kier molecular flexibility index (Phi) is 4.59. The van der Waals surface area contributed by atoms with Crippen LogP contribution in [0.2, 0.25) is 0 Å². The number of ether oxygens (including phenoxy) is 2. The van der Waals surface area contributed by atoms with E-state index in [0.29, 0.717) is 35.6 Å². The van der Waals surface area contributed by atoms with Crippen LogP contribution in [-0.4, -0.2) is 61.6 Å². The Bertz CT molecular complexity index is 1440. The van der Waals surface area contributed by atoms with E-state index in [2.05, 4.69) is 25.0 Å². The zero-order valence-corrected chi connectivity index (χ0v) is 18.0. The number of pyridine rings is 1. The highest BCUT2D eigenvalue weighted by Crippen LogP contribution is 2.37. The van der Waals surface area contributed by atoms with E-state index in [-0.39, 0.29) is 24.4 Å². The maximum Gasteiger partial charge on any atom is 0.388 e. The van der Waals surface area contributed by atoms with Gasteiger partial charge in [0.25, 0.3) is 5.91 Å². The quantitative estimate of drug-likeness (QED) is 0.487. The minimum Gasteiger partial charge on any atom is -0.415 e. The molecule has 1 fully saturated rings. The summed E-state index contributed by atoms with van der Waals surface area (Å²) >= 11 is 0. The molecule has 6 rings (SSSR count). The van der Waals surface area contributed by atoms with Crippen LogP contribution in [0.15, 0.2) is 30.5 Å². The molecule has 3 aromatic heterocycles. The van der Waals surface area contributed by atoms with Gasteiger partial charge in [0.05, 0.1) is 53.6 Å². The predicted molar refractivity (Wildman–Crippen MR) is 116 cm³/mol. The number of benzene rings is 1. The molecule has 34 heavy (non-hydrogen) atoms. The van der Waals surface area contributed by atoms with Gasteiger partial charge in [0.15, 0.2) is 0 Å². The number of anilines is 1. The van der Waals surface area contributed by atoms with Crippen molar-refractivity contribution in [1.82, 2.24) is 29.9 Å². The molecule has 0 aliphatic carbocycles. The second-order valence-corrected chi connectivity index (χ2v) is 8.35. The molecule has 0 bridgehead atoms. The lowest BCUT2D eigenvalue weighted by Crippen LogP contribution is -2.54. The third-order valence-corrected chi connectivity index (χ3v) is 6.38. The fourth-order valence-electron chi connectivity index (χ4n) is 4.89. The third kappa shape index (κ3) is 3.13. The van der Waals surface area contributed by atoms with Gasteiger partial charge in [-0.2, -0.15) is 13.9 Å². The lowest BCUT2D eigenvalue weighted by Gasteiger charge is -2.44. The highest BCUT2D eigenvalue weighted by Gasteiger charge is 2.41. The maximum atomic E-state index is 13.7. The molecule has 174 valence electrons. The summed E-state index contributed by atoms with van der Waals surface area (Å²) < 4.78 is 36.7. The molecule has 2 atom stereocenters. The summed E-state index contributed by atoms with van der Waals surface area (Å²) in [5.41, 5.74) is 9.51. The summed E-state index contributed by atoms with van der Waals surface area (Å²) in [6.07, 6.45) is 2.23. The van der Waals surface area contributed by atoms with Crippen LogP contribution in [0.3, 0.4) is 0 Å². The summed E-state index contributed by atoms with van der Waals surface area (Å²) in [7, 11) is 1.82. The van der Waals surface area contributed by atoms with Crippen LogP contribution in [0.5, 0.6) is 5.88 Å². The molecular weight excluding hydrogens is 448 g/mol. The minimum absolute atomic E-state index is 0.164. The number of rotatable bonds is 3. The van der Waals surface area contributed by atoms with Crippen LogP contribution in [-0.2, 0) is 18.2 Å². The molecule has 0 spiro atoms. The molecule has 2 aliphatic heterocycles. The normalized spacial score (nSPS) is 20.1. The number of nitrogens with zero attached hydrogens (tertiary/aromatic N) is 6. The number of carbonyl (C=O) groups is 1. The molecule has 0 saturated carbocycles. The highest BCUT2D eigenvalue weighted by atomic mass is 19.3. The van der Waals surface area contributed by atoms with Crippen molar-refractivity contribution in [2.45, 2.75) is 25.1 Å². The molecular formula is C22H19F2N7O3. The Morgan fingerprint density at radius 2 is 2.06 bits per heavy atom. The first-order valence-electron chi connectivity index (χ1n) is 10.6. The van der Waals surface area contributed by atoms with Crippen molar-refractivity contribution >= 4 is 33.5 Å². The molecule has 4 aromatic rings. The van der Waals surface area contributed by atoms with Gasteiger partial charge in [-0.15, -0.1) is 10.2 Å². The number of aromatic nitrogens is 5. The van der Waals surface area contributed by atoms with E-state index in [9.17, 15) is 13.6 Å². The summed E-state index contributed by atoms with van der Waals surface area (Å²) in [6, 6.07) is 5.86. The molecule has 2 aliphatic rings. The van der Waals surface area contributed by atoms with Crippen molar-refractivity contribution in [3.05, 3.63) is 47.3 Å². The van der Waals surface area contributed by atoms with Crippen LogP contribution in [0.4, 0.5) is 14.6 Å². The summed E-state index contributed by atoms with van der Waals surface area (Å²) in [5.74, 6) is -0.0673. The molecule has 1 amide bonds. The third-order valence-electron chi connectivity index (χ3n) is 6.38. The average Bonchev–Trinajstić information content (AvgIpc) is 3.21. The fraction of sp³-hybridized carbons (Fsp3) is 0.318. The number of morpholine rings is 1. The maximum absolute atomic E-state index is 13.7. The first-order chi connectivity index (χ1) is 16.4. The van der Waals surface area contributed by atoms with Gasteiger partial charge in [0, 0.05) is 24.1 Å². The van der Waals surface area contributed by atoms with Crippen molar-refractivity contribution < 1.29 is 23.0 Å². The lowest BCUT2D eigenvalue weighted by atomic mass is 9.89. The standard InChI is InChI=1S/C22H19F2N7O3/c1-30-19-13-6-12-10(5-16(13)27-20(25)14(19)7-26-30)4-11-8-33-9-17(31(11)21(12)32)15-2-3-18(29-28-15)34-22(23)24/h2-3,5-7,11,17,22H,4,8-9H2,1H3,(H2,25,27)/t11-,17-/m1/s1. The van der Waals surface area contributed by atoms with Crippen LogP contribution in [0, 0.1) is 0 Å². The Labute approximate surface area is 191 Å². The number of amides is 1. The molecule has 0 unspecified atom stereocenters. The van der Waals surface area contributed by atoms with Crippen molar-refractivity contribution in [2.75, 3.05) is 18.9 Å². The number of nitrogen functional groups attached to an aromatic ring is 1. The number of aryl methyl sites for hydroxylation is 1. The number of alkyl halides is 2. The largest absolute Gasteiger partial charge is 0.415 e. The number of nitrogens with two attached hydrogens (primary N) is 1. The lowest BCUT2D eigenvalue weighted by molar-refractivity contribution is -0.0540. The van der Waals surface area contributed by atoms with E-state index in [4.69, 9.17) is 10.5 Å². The van der Waals surface area contributed by atoms with E-state index in [1.54, 1.807) is 15.8 Å². The minimum atomic E-state index is -2.99. The number of fused-ring (bicyclic) bond motifs is 5. The van der Waals surface area contributed by atoms with E-state index in [1.807, 2.05) is 19.2 Å². The van der Waals surface area contributed by atoms with Gasteiger partial charge in [-0.05, 0) is 30.2 Å². The molecule has 10 nitrogen and oxygen atoms in total. The molecule has 5 heterocycles. The zero-order valence-electron chi connectivity index (χ0n) is 18.0. The van der Waals surface area contributed by atoms with E-state index < -0.39 is 12.7 Å². The number of halogens is 2. The molecule has 12 heteroatoms. The summed E-state index contributed by atoms with van der Waals surface area (Å²) in [4.78, 5) is 20.0. The van der Waals surface area contributed by atoms with E-state index >= 15 is 0 Å². The summed E-state index contributed by atoms with van der Waals surface area (Å²) in [6.45, 7) is -2.40. The first-order valence-corrected chi connectivity index (χ1v) is 10.6. The monoisotopic (exact) mass is 467 g/mol. The van der Waals surface area contributed by atoms with Crippen LogP contribution in [0.25, 0.3) is 21.8 Å². The molecule has 1 aromatic carbocycles. The van der Waals surface area contributed by atoms with Crippen LogP contribution >= 0.6 is 0 Å². The van der Waals surface area contributed by atoms with Gasteiger partial charge >= 0.3 is 6.61 Å². The fourth-order valence-corrected chi connectivity index (χ4v) is 4.89.